The molecule has 122 valence electrons. The summed E-state index contributed by atoms with van der Waals surface area (Å²) in [4.78, 5) is 23.4. The highest BCUT2D eigenvalue weighted by atomic mass is 19.1. The van der Waals surface area contributed by atoms with E-state index in [1.165, 1.54) is 43.5 Å². The molecule has 2 aromatic carbocycles. The van der Waals surface area contributed by atoms with Crippen molar-refractivity contribution in [3.8, 4) is 5.75 Å². The Labute approximate surface area is 135 Å². The van der Waals surface area contributed by atoms with Crippen molar-refractivity contribution in [1.82, 2.24) is 10.2 Å². The molecule has 0 fully saturated rings. The maximum Gasteiger partial charge on any atom is 0.340 e. The summed E-state index contributed by atoms with van der Waals surface area (Å²) in [7, 11) is 1.17. The average Bonchev–Trinajstić information content (AvgIpc) is 2.58. The number of aromatic hydroxyl groups is 1. The summed E-state index contributed by atoms with van der Waals surface area (Å²) in [5, 5.41) is 16.9. The predicted octanol–water partition coefficient (Wildman–Crippen LogP) is 2.15. The second-order valence-electron chi connectivity index (χ2n) is 5.21. The number of nitrogens with zero attached hydrogens (tertiary/aromatic N) is 1. The number of nitrogens with one attached hydrogen (secondary N) is 1. The number of methoxy groups -OCH3 is 1. The molecule has 0 radical (unpaired) electrons. The van der Waals surface area contributed by atoms with Crippen molar-refractivity contribution in [2.24, 2.45) is 0 Å². The van der Waals surface area contributed by atoms with Crippen molar-refractivity contribution in [2.45, 2.75) is 6.42 Å². The molecule has 0 saturated carbocycles. The van der Waals surface area contributed by atoms with Crippen LogP contribution in [0.15, 0.2) is 41.2 Å². The third-order valence-electron chi connectivity index (χ3n) is 3.66. The van der Waals surface area contributed by atoms with E-state index < -0.39 is 11.8 Å². The summed E-state index contributed by atoms with van der Waals surface area (Å²) < 4.78 is 18.3. The first-order valence-corrected chi connectivity index (χ1v) is 7.06. The minimum Gasteiger partial charge on any atom is -0.508 e. The van der Waals surface area contributed by atoms with Crippen LogP contribution in [0.2, 0.25) is 0 Å². The lowest BCUT2D eigenvalue weighted by atomic mass is 10.0. The summed E-state index contributed by atoms with van der Waals surface area (Å²) in [5.41, 5.74) is 0.554. The van der Waals surface area contributed by atoms with Crippen molar-refractivity contribution in [3.05, 3.63) is 69.4 Å². The number of rotatable bonds is 3. The fraction of sp³-hybridized carbons (Fsp3) is 0.118. The van der Waals surface area contributed by atoms with Crippen molar-refractivity contribution in [3.63, 3.8) is 0 Å². The summed E-state index contributed by atoms with van der Waals surface area (Å²) in [6, 6.07) is 8.42. The fourth-order valence-corrected chi connectivity index (χ4v) is 2.48. The van der Waals surface area contributed by atoms with Gasteiger partial charge in [0.1, 0.15) is 11.6 Å². The SMILES string of the molecule is COC(=O)c1cc(Cc2n[nH]c(=O)c3ccc(O)cc23)ccc1F. The van der Waals surface area contributed by atoms with Gasteiger partial charge in [-0.1, -0.05) is 6.07 Å². The quantitative estimate of drug-likeness (QED) is 0.719. The molecule has 0 aliphatic carbocycles. The van der Waals surface area contributed by atoms with Gasteiger partial charge in [-0.3, -0.25) is 4.79 Å². The van der Waals surface area contributed by atoms with E-state index in [0.29, 0.717) is 22.0 Å². The number of fused-ring (bicyclic) bond motifs is 1. The van der Waals surface area contributed by atoms with Crippen molar-refractivity contribution in [1.29, 1.82) is 0 Å². The van der Waals surface area contributed by atoms with E-state index in [-0.39, 0.29) is 23.3 Å². The lowest BCUT2D eigenvalue weighted by Gasteiger charge is -2.08. The zero-order valence-electron chi connectivity index (χ0n) is 12.7. The number of aromatic nitrogens is 2. The second-order valence-corrected chi connectivity index (χ2v) is 5.21. The van der Waals surface area contributed by atoms with Gasteiger partial charge in [0.2, 0.25) is 0 Å². The molecular formula is C17H13FN2O4. The average molecular weight is 328 g/mol. The Bertz CT molecular complexity index is 998. The number of ether oxygens (including phenoxy) is 1. The first-order chi connectivity index (χ1) is 11.5. The van der Waals surface area contributed by atoms with Crippen LogP contribution in [0, 0.1) is 5.82 Å². The van der Waals surface area contributed by atoms with E-state index in [1.54, 1.807) is 0 Å². The van der Waals surface area contributed by atoms with Gasteiger partial charge in [0.15, 0.2) is 0 Å². The summed E-state index contributed by atoms with van der Waals surface area (Å²) >= 11 is 0. The van der Waals surface area contributed by atoms with E-state index in [2.05, 4.69) is 14.9 Å². The number of carbonyl (C=O) groups is 1. The Morgan fingerprint density at radius 2 is 2.04 bits per heavy atom. The predicted molar refractivity (Wildman–Crippen MR) is 84.6 cm³/mol. The number of carbonyl (C=O) groups excluding carboxylic acids is 1. The molecule has 6 nitrogen and oxygen atoms in total. The van der Waals surface area contributed by atoms with Crippen LogP contribution in [0.4, 0.5) is 4.39 Å². The van der Waals surface area contributed by atoms with Crippen LogP contribution in [0.1, 0.15) is 21.6 Å². The summed E-state index contributed by atoms with van der Waals surface area (Å²) in [5.74, 6) is -1.45. The Morgan fingerprint density at radius 1 is 1.25 bits per heavy atom. The molecule has 1 aromatic heterocycles. The number of esters is 1. The number of H-pyrrole nitrogens is 1. The van der Waals surface area contributed by atoms with Gasteiger partial charge in [0.05, 0.1) is 23.8 Å². The number of benzene rings is 2. The molecule has 24 heavy (non-hydrogen) atoms. The Kier molecular flexibility index (Phi) is 3.99. The molecule has 3 aromatic rings. The summed E-state index contributed by atoms with van der Waals surface area (Å²) in [6.45, 7) is 0. The molecule has 0 saturated heterocycles. The molecule has 7 heteroatoms. The molecule has 0 aliphatic heterocycles. The van der Waals surface area contributed by atoms with E-state index in [4.69, 9.17) is 0 Å². The molecule has 3 rings (SSSR count). The van der Waals surface area contributed by atoms with Crippen LogP contribution in [0.25, 0.3) is 10.8 Å². The van der Waals surface area contributed by atoms with E-state index >= 15 is 0 Å². The third-order valence-corrected chi connectivity index (χ3v) is 3.66. The standard InChI is InChI=1S/C17H13FN2O4/c1-24-17(23)13-6-9(2-5-14(13)18)7-15-12-8-10(21)3-4-11(12)16(22)20-19-15/h2-6,8,21H,7H2,1H3,(H,20,22). The second kappa shape index (κ2) is 6.11. The van der Waals surface area contributed by atoms with Gasteiger partial charge in [0, 0.05) is 11.8 Å². The first-order valence-electron chi connectivity index (χ1n) is 7.06. The number of phenols is 1. The zero-order valence-corrected chi connectivity index (χ0v) is 12.7. The van der Waals surface area contributed by atoms with Crippen LogP contribution < -0.4 is 5.56 Å². The van der Waals surface area contributed by atoms with Gasteiger partial charge < -0.3 is 9.84 Å². The van der Waals surface area contributed by atoms with Crippen molar-refractivity contribution < 1.29 is 19.0 Å². The van der Waals surface area contributed by atoms with Gasteiger partial charge in [-0.15, -0.1) is 0 Å². The maximum atomic E-state index is 13.7. The van der Waals surface area contributed by atoms with Gasteiger partial charge in [0.25, 0.3) is 5.56 Å². The Hall–Kier alpha value is -3.22. The highest BCUT2D eigenvalue weighted by molar-refractivity contribution is 5.90. The van der Waals surface area contributed by atoms with Crippen LogP contribution in [-0.4, -0.2) is 28.4 Å². The fourth-order valence-electron chi connectivity index (χ4n) is 2.48. The molecule has 0 aliphatic rings. The van der Waals surface area contributed by atoms with Crippen molar-refractivity contribution in [2.75, 3.05) is 7.11 Å². The minimum atomic E-state index is -0.772. The van der Waals surface area contributed by atoms with Gasteiger partial charge in [-0.05, 0) is 35.9 Å². The highest BCUT2D eigenvalue weighted by Gasteiger charge is 2.14. The largest absolute Gasteiger partial charge is 0.508 e. The lowest BCUT2D eigenvalue weighted by Crippen LogP contribution is -2.11. The molecule has 0 unspecified atom stereocenters. The third kappa shape index (κ3) is 2.83. The molecular weight excluding hydrogens is 315 g/mol. The topological polar surface area (TPSA) is 92.3 Å². The highest BCUT2D eigenvalue weighted by Crippen LogP contribution is 2.22. The number of hydrogen-bond donors (Lipinski definition) is 2. The lowest BCUT2D eigenvalue weighted by molar-refractivity contribution is 0.0595. The van der Waals surface area contributed by atoms with Crippen LogP contribution >= 0.6 is 0 Å². The first kappa shape index (κ1) is 15.7. The Morgan fingerprint density at radius 3 is 2.79 bits per heavy atom. The van der Waals surface area contributed by atoms with Gasteiger partial charge in [-0.25, -0.2) is 14.3 Å². The maximum absolute atomic E-state index is 13.7. The minimum absolute atomic E-state index is 0.00510. The molecule has 1 heterocycles. The molecule has 0 amide bonds. The summed E-state index contributed by atoms with van der Waals surface area (Å²) in [6.07, 6.45) is 0.237. The van der Waals surface area contributed by atoms with Crippen molar-refractivity contribution >= 4 is 16.7 Å². The molecule has 0 atom stereocenters. The van der Waals surface area contributed by atoms with E-state index in [9.17, 15) is 19.1 Å². The van der Waals surface area contributed by atoms with Gasteiger partial charge in [-0.2, -0.15) is 5.10 Å². The van der Waals surface area contributed by atoms with Crippen LogP contribution in [-0.2, 0) is 11.2 Å². The molecule has 2 N–H and O–H groups in total. The number of hydrogen-bond acceptors (Lipinski definition) is 5. The van der Waals surface area contributed by atoms with Gasteiger partial charge >= 0.3 is 5.97 Å². The Balaban J connectivity index is 2.08. The smallest absolute Gasteiger partial charge is 0.340 e. The zero-order chi connectivity index (χ0) is 17.3. The van der Waals surface area contributed by atoms with E-state index in [1.807, 2.05) is 0 Å². The van der Waals surface area contributed by atoms with Crippen LogP contribution in [0.5, 0.6) is 5.75 Å². The normalized spacial score (nSPS) is 10.8. The molecule has 0 spiro atoms. The van der Waals surface area contributed by atoms with E-state index in [0.717, 1.165) is 0 Å². The van der Waals surface area contributed by atoms with Crippen LogP contribution in [0.3, 0.4) is 0 Å². The monoisotopic (exact) mass is 328 g/mol. The number of aromatic amines is 1. The number of halogens is 1. The molecule has 0 bridgehead atoms. The number of phenolic OH excluding ortho intramolecular Hbond substituents is 1.